The van der Waals surface area contributed by atoms with Gasteiger partial charge in [-0.15, -0.1) is 0 Å². The lowest BCUT2D eigenvalue weighted by Gasteiger charge is -2.35. The van der Waals surface area contributed by atoms with Crippen LogP contribution in [0.15, 0.2) is 30.3 Å². The van der Waals surface area contributed by atoms with Gasteiger partial charge in [-0.3, -0.25) is 0 Å². The third-order valence-electron chi connectivity index (χ3n) is 4.67. The van der Waals surface area contributed by atoms with Crippen molar-refractivity contribution in [3.05, 3.63) is 46.6 Å². The maximum absolute atomic E-state index is 6.23. The zero-order valence-corrected chi connectivity index (χ0v) is 17.6. The van der Waals surface area contributed by atoms with Crippen LogP contribution in [-0.2, 0) is 6.54 Å². The van der Waals surface area contributed by atoms with E-state index in [0.29, 0.717) is 34.6 Å². The lowest BCUT2D eigenvalue weighted by molar-refractivity contribution is 0.355. The molecule has 0 aliphatic carbocycles. The molecule has 2 atom stereocenters. The molecule has 1 aromatic heterocycles. The number of nitrogens with zero attached hydrogens (tertiary/aromatic N) is 3. The molecule has 2 N–H and O–H groups in total. The molecule has 1 aliphatic heterocycles. The van der Waals surface area contributed by atoms with Crippen molar-refractivity contribution in [3.8, 4) is 0 Å². The Morgan fingerprint density at radius 3 is 2.52 bits per heavy atom. The standard InChI is InChI=1S/C20H26ClN5S/c1-13-4-6-16(7-5-13)10-22-20(27)25-19-23-17(21)9-18(24-19)26-11-14(2)8-15(3)12-26/h4-7,9,14-15H,8,10-12H2,1-3H3,(H2,22,23,24,25,27). The third-order valence-corrected chi connectivity index (χ3v) is 5.11. The summed E-state index contributed by atoms with van der Waals surface area (Å²) in [5, 5.41) is 7.12. The normalized spacial score (nSPS) is 19.6. The first kappa shape index (κ1) is 19.8. The van der Waals surface area contributed by atoms with Gasteiger partial charge in [0.25, 0.3) is 0 Å². The molecule has 2 aromatic rings. The lowest BCUT2D eigenvalue weighted by Crippen LogP contribution is -2.39. The van der Waals surface area contributed by atoms with Crippen LogP contribution in [0.25, 0.3) is 0 Å². The predicted octanol–water partition coefficient (Wildman–Crippen LogP) is 4.41. The maximum Gasteiger partial charge on any atom is 0.232 e. The SMILES string of the molecule is Cc1ccc(CNC(=S)Nc2nc(Cl)cc(N3CC(C)CC(C)C3)n2)cc1. The summed E-state index contributed by atoms with van der Waals surface area (Å²) in [4.78, 5) is 11.2. The Morgan fingerprint density at radius 1 is 1.19 bits per heavy atom. The minimum Gasteiger partial charge on any atom is -0.358 e. The lowest BCUT2D eigenvalue weighted by atomic mass is 9.92. The topological polar surface area (TPSA) is 53.1 Å². The van der Waals surface area contributed by atoms with Crippen LogP contribution in [-0.4, -0.2) is 28.2 Å². The second-order valence-electron chi connectivity index (χ2n) is 7.52. The number of nitrogens with one attached hydrogen (secondary N) is 2. The maximum atomic E-state index is 6.23. The van der Waals surface area contributed by atoms with E-state index in [-0.39, 0.29) is 0 Å². The number of rotatable bonds is 4. The van der Waals surface area contributed by atoms with Gasteiger partial charge in [0.2, 0.25) is 5.95 Å². The molecule has 144 valence electrons. The Hall–Kier alpha value is -1.92. The predicted molar refractivity (Wildman–Crippen MR) is 116 cm³/mol. The van der Waals surface area contributed by atoms with Crippen LogP contribution < -0.4 is 15.5 Å². The summed E-state index contributed by atoms with van der Waals surface area (Å²) in [7, 11) is 0. The van der Waals surface area contributed by atoms with Gasteiger partial charge < -0.3 is 15.5 Å². The summed E-state index contributed by atoms with van der Waals surface area (Å²) < 4.78 is 0. The first-order valence-corrected chi connectivity index (χ1v) is 10.1. The van der Waals surface area contributed by atoms with Crippen molar-refractivity contribution in [2.75, 3.05) is 23.3 Å². The molecule has 3 rings (SSSR count). The van der Waals surface area contributed by atoms with E-state index in [2.05, 4.69) is 70.5 Å². The number of hydrogen-bond acceptors (Lipinski definition) is 4. The Morgan fingerprint density at radius 2 is 1.85 bits per heavy atom. The fraction of sp³-hybridized carbons (Fsp3) is 0.450. The van der Waals surface area contributed by atoms with Crippen molar-refractivity contribution >= 4 is 40.7 Å². The summed E-state index contributed by atoms with van der Waals surface area (Å²) in [5.74, 6) is 2.54. The van der Waals surface area contributed by atoms with Crippen molar-refractivity contribution in [1.82, 2.24) is 15.3 Å². The highest BCUT2D eigenvalue weighted by molar-refractivity contribution is 7.80. The second-order valence-corrected chi connectivity index (χ2v) is 8.31. The van der Waals surface area contributed by atoms with Gasteiger partial charge in [-0.1, -0.05) is 55.3 Å². The van der Waals surface area contributed by atoms with Gasteiger partial charge in [-0.2, -0.15) is 4.98 Å². The molecule has 1 aliphatic rings. The molecule has 27 heavy (non-hydrogen) atoms. The molecule has 0 spiro atoms. The zero-order chi connectivity index (χ0) is 19.4. The highest BCUT2D eigenvalue weighted by Gasteiger charge is 2.23. The molecule has 1 fully saturated rings. The minimum absolute atomic E-state index is 0.412. The molecular formula is C20H26ClN5S. The average Bonchev–Trinajstić information content (AvgIpc) is 2.60. The third kappa shape index (κ3) is 5.78. The summed E-state index contributed by atoms with van der Waals surface area (Å²) in [6, 6.07) is 10.1. The first-order chi connectivity index (χ1) is 12.9. The van der Waals surface area contributed by atoms with E-state index in [9.17, 15) is 0 Å². The van der Waals surface area contributed by atoms with Gasteiger partial charge in [0.15, 0.2) is 5.11 Å². The molecule has 2 unspecified atom stereocenters. The molecule has 0 saturated carbocycles. The van der Waals surface area contributed by atoms with Crippen LogP contribution in [0.4, 0.5) is 11.8 Å². The highest BCUT2D eigenvalue weighted by atomic mass is 35.5. The van der Waals surface area contributed by atoms with Crippen LogP contribution in [0.3, 0.4) is 0 Å². The summed E-state index contributed by atoms with van der Waals surface area (Å²) in [6.07, 6.45) is 1.24. The minimum atomic E-state index is 0.412. The van der Waals surface area contributed by atoms with Crippen LogP contribution in [0, 0.1) is 18.8 Å². The molecule has 0 amide bonds. The Labute approximate surface area is 171 Å². The number of piperidine rings is 1. The van der Waals surface area contributed by atoms with Gasteiger partial charge in [-0.25, -0.2) is 4.98 Å². The smallest absolute Gasteiger partial charge is 0.232 e. The van der Waals surface area contributed by atoms with Crippen LogP contribution in [0.2, 0.25) is 5.15 Å². The highest BCUT2D eigenvalue weighted by Crippen LogP contribution is 2.27. The molecule has 7 heteroatoms. The number of aryl methyl sites for hydroxylation is 1. The van der Waals surface area contributed by atoms with E-state index in [0.717, 1.165) is 24.5 Å². The fourth-order valence-electron chi connectivity index (χ4n) is 3.51. The molecular weight excluding hydrogens is 378 g/mol. The monoisotopic (exact) mass is 403 g/mol. The van der Waals surface area contributed by atoms with Crippen LogP contribution in [0.5, 0.6) is 0 Å². The molecule has 5 nitrogen and oxygen atoms in total. The summed E-state index contributed by atoms with van der Waals surface area (Å²) in [5.41, 5.74) is 2.40. The van der Waals surface area contributed by atoms with Crippen molar-refractivity contribution < 1.29 is 0 Å². The van der Waals surface area contributed by atoms with Gasteiger partial charge in [-0.05, 0) is 43.0 Å². The van der Waals surface area contributed by atoms with E-state index in [4.69, 9.17) is 23.8 Å². The summed E-state index contributed by atoms with van der Waals surface area (Å²) in [6.45, 7) is 9.21. The molecule has 0 radical (unpaired) electrons. The van der Waals surface area contributed by atoms with Gasteiger partial charge in [0, 0.05) is 25.7 Å². The Balaban J connectivity index is 1.63. The molecule has 1 saturated heterocycles. The quantitative estimate of drug-likeness (QED) is 0.582. The molecule has 2 heterocycles. The average molecular weight is 404 g/mol. The van der Waals surface area contributed by atoms with Gasteiger partial charge in [0.1, 0.15) is 11.0 Å². The fourth-order valence-corrected chi connectivity index (χ4v) is 3.85. The Kier molecular flexibility index (Phi) is 6.50. The van der Waals surface area contributed by atoms with Crippen LogP contribution in [0.1, 0.15) is 31.4 Å². The van der Waals surface area contributed by atoms with Crippen molar-refractivity contribution in [1.29, 1.82) is 0 Å². The number of benzene rings is 1. The Bertz CT molecular complexity index is 785. The number of hydrogen-bond donors (Lipinski definition) is 2. The molecule has 1 aromatic carbocycles. The zero-order valence-electron chi connectivity index (χ0n) is 16.0. The number of anilines is 2. The van der Waals surface area contributed by atoms with Gasteiger partial charge >= 0.3 is 0 Å². The van der Waals surface area contributed by atoms with Gasteiger partial charge in [0.05, 0.1) is 0 Å². The van der Waals surface area contributed by atoms with E-state index in [1.807, 2.05) is 6.07 Å². The van der Waals surface area contributed by atoms with Crippen molar-refractivity contribution in [2.45, 2.75) is 33.7 Å². The largest absolute Gasteiger partial charge is 0.358 e. The first-order valence-electron chi connectivity index (χ1n) is 9.29. The van der Waals surface area contributed by atoms with Crippen molar-refractivity contribution in [2.24, 2.45) is 11.8 Å². The van der Waals surface area contributed by atoms with E-state index < -0.39 is 0 Å². The molecule has 0 bridgehead atoms. The number of aromatic nitrogens is 2. The van der Waals surface area contributed by atoms with Crippen molar-refractivity contribution in [3.63, 3.8) is 0 Å². The number of halogens is 1. The number of thiocarbonyl (C=S) groups is 1. The van der Waals surface area contributed by atoms with E-state index in [1.54, 1.807) is 0 Å². The van der Waals surface area contributed by atoms with Crippen LogP contribution >= 0.6 is 23.8 Å². The van der Waals surface area contributed by atoms with E-state index in [1.165, 1.54) is 12.0 Å². The second kappa shape index (κ2) is 8.85. The summed E-state index contributed by atoms with van der Waals surface area (Å²) >= 11 is 11.6. The van der Waals surface area contributed by atoms with E-state index >= 15 is 0 Å².